The molecule has 5 heterocycles. The van der Waals surface area contributed by atoms with Crippen LogP contribution in [0.1, 0.15) is 54.4 Å². The van der Waals surface area contributed by atoms with Crippen molar-refractivity contribution < 1.29 is 23.7 Å². The van der Waals surface area contributed by atoms with Crippen molar-refractivity contribution in [3.63, 3.8) is 0 Å². The van der Waals surface area contributed by atoms with E-state index in [4.69, 9.17) is 16.3 Å². The molecule has 17 heteroatoms. The fourth-order valence-corrected chi connectivity index (χ4v) is 11.3. The van der Waals surface area contributed by atoms with Crippen LogP contribution in [0.3, 0.4) is 0 Å². The van der Waals surface area contributed by atoms with Crippen molar-refractivity contribution >= 4 is 82.4 Å². The standard InChI is InChI=1S/C45H55ClN9O5PS/c1-60-38-27-31(13-14-35(38)49-45-47-28-34(46)42(51-45)48-36-10-4-5-11-39(36)61(2,3)59)53-20-17-30(18-21-53)54-24-22-52(23-25-54)19-6-7-26-62-40-12-8-9-32-33(40)29-55(44(32)58)37-15-16-41(56)50-43(37)57/h4-5,8-14,27-28,30,37H,6-7,15-26,29H2,1-3H3,(H,50,56,57)(H2,47,48,49,51). The quantitative estimate of drug-likeness (QED) is 0.0498. The molecule has 328 valence electrons. The van der Waals surface area contributed by atoms with E-state index in [1.165, 1.54) is 6.20 Å². The second-order valence-corrected chi connectivity index (χ2v) is 21.5. The van der Waals surface area contributed by atoms with Crippen LogP contribution in [0.25, 0.3) is 0 Å². The van der Waals surface area contributed by atoms with Crippen LogP contribution in [0, 0.1) is 0 Å². The minimum atomic E-state index is -2.54. The van der Waals surface area contributed by atoms with Gasteiger partial charge in [-0.3, -0.25) is 24.6 Å². The number of carbonyl (C=O) groups excluding carboxylic acids is 3. The van der Waals surface area contributed by atoms with Gasteiger partial charge < -0.3 is 34.6 Å². The molecule has 3 fully saturated rings. The molecule has 0 saturated carbocycles. The van der Waals surface area contributed by atoms with Gasteiger partial charge in [0.25, 0.3) is 5.91 Å². The van der Waals surface area contributed by atoms with Crippen LogP contribution < -0.4 is 30.9 Å². The lowest BCUT2D eigenvalue weighted by atomic mass is 10.0. The van der Waals surface area contributed by atoms with Crippen molar-refractivity contribution in [2.75, 3.05) is 87.5 Å². The number of thioether (sulfide) groups is 1. The molecule has 4 aliphatic heterocycles. The second-order valence-electron chi connectivity index (χ2n) is 16.7. The van der Waals surface area contributed by atoms with Crippen LogP contribution in [0.2, 0.25) is 5.02 Å². The number of unbranched alkanes of at least 4 members (excludes halogenated alkanes) is 1. The average molecular weight is 900 g/mol. The van der Waals surface area contributed by atoms with Gasteiger partial charge in [-0.1, -0.05) is 29.8 Å². The highest BCUT2D eigenvalue weighted by molar-refractivity contribution is 7.99. The Labute approximate surface area is 372 Å². The summed E-state index contributed by atoms with van der Waals surface area (Å²) < 4.78 is 18.7. The second kappa shape index (κ2) is 19.4. The summed E-state index contributed by atoms with van der Waals surface area (Å²) in [6.45, 7) is 11.3. The van der Waals surface area contributed by atoms with E-state index in [0.717, 1.165) is 104 Å². The smallest absolute Gasteiger partial charge is 0.255 e. The highest BCUT2D eigenvalue weighted by Gasteiger charge is 2.40. The predicted octanol–water partition coefficient (Wildman–Crippen LogP) is 6.79. The molecule has 3 N–H and O–H groups in total. The largest absolute Gasteiger partial charge is 0.494 e. The monoisotopic (exact) mass is 899 g/mol. The highest BCUT2D eigenvalue weighted by atomic mass is 35.5. The summed E-state index contributed by atoms with van der Waals surface area (Å²) >= 11 is 8.28. The minimum Gasteiger partial charge on any atom is -0.494 e. The van der Waals surface area contributed by atoms with Gasteiger partial charge in [0, 0.05) is 85.8 Å². The van der Waals surface area contributed by atoms with Crippen molar-refractivity contribution in [1.82, 2.24) is 30.0 Å². The molecule has 0 bridgehead atoms. The van der Waals surface area contributed by atoms with Crippen LogP contribution in [0.4, 0.5) is 28.8 Å². The summed E-state index contributed by atoms with van der Waals surface area (Å²) in [7, 11) is -0.881. The first kappa shape index (κ1) is 44.0. The molecule has 8 rings (SSSR count). The maximum absolute atomic E-state index is 13.2. The van der Waals surface area contributed by atoms with Gasteiger partial charge in [0.05, 0.1) is 24.7 Å². The summed E-state index contributed by atoms with van der Waals surface area (Å²) in [6.07, 6.45) is 6.62. The number of halogens is 1. The first-order chi connectivity index (χ1) is 29.9. The fraction of sp³-hybridized carbons (Fsp3) is 0.444. The van der Waals surface area contributed by atoms with Crippen molar-refractivity contribution in [3.05, 3.63) is 83.0 Å². The topological polar surface area (TPSA) is 152 Å². The van der Waals surface area contributed by atoms with Crippen LogP contribution in [0.5, 0.6) is 5.75 Å². The van der Waals surface area contributed by atoms with E-state index in [1.807, 2.05) is 42.5 Å². The predicted molar refractivity (Wildman–Crippen MR) is 248 cm³/mol. The molecule has 3 amide bonds. The number of fused-ring (bicyclic) bond motifs is 1. The summed E-state index contributed by atoms with van der Waals surface area (Å²) in [5, 5.41) is 10.0. The van der Waals surface area contributed by atoms with Crippen LogP contribution in [0.15, 0.2) is 71.8 Å². The van der Waals surface area contributed by atoms with E-state index >= 15 is 0 Å². The van der Waals surface area contributed by atoms with E-state index < -0.39 is 13.2 Å². The number of ether oxygens (including phenoxy) is 1. The summed E-state index contributed by atoms with van der Waals surface area (Å²) in [5.74, 6) is 1.66. The van der Waals surface area contributed by atoms with Crippen molar-refractivity contribution in [3.8, 4) is 5.75 Å². The molecule has 4 aromatic rings. The van der Waals surface area contributed by atoms with E-state index in [2.05, 4.69) is 58.8 Å². The van der Waals surface area contributed by atoms with Crippen LogP contribution >= 0.6 is 30.5 Å². The number of piperidine rings is 2. The summed E-state index contributed by atoms with van der Waals surface area (Å²) in [6, 6.07) is 19.5. The Bertz CT molecular complexity index is 2350. The van der Waals surface area contributed by atoms with Gasteiger partial charge in [-0.05, 0) is 99.7 Å². The van der Waals surface area contributed by atoms with Gasteiger partial charge in [-0.15, -0.1) is 11.8 Å². The Kier molecular flexibility index (Phi) is 13.7. The Hall–Kier alpha value is -4.66. The third-order valence-corrected chi connectivity index (χ3v) is 15.3. The SMILES string of the molecule is COc1cc(N2CCC(N3CCN(CCCCSc4cccc5c4CN(C4CCC(=O)NC4=O)C5=O)CC3)CC2)ccc1Nc1ncc(Cl)c(Nc2ccccc2P(C)(C)=O)n1. The van der Waals surface area contributed by atoms with E-state index in [1.54, 1.807) is 37.1 Å². The van der Waals surface area contributed by atoms with Gasteiger partial charge in [0.1, 0.15) is 24.0 Å². The molecular weight excluding hydrogens is 845 g/mol. The zero-order chi connectivity index (χ0) is 43.4. The number of aromatic nitrogens is 2. The number of benzene rings is 3. The van der Waals surface area contributed by atoms with Gasteiger partial charge in [0.2, 0.25) is 17.8 Å². The maximum atomic E-state index is 13.2. The van der Waals surface area contributed by atoms with E-state index in [9.17, 15) is 18.9 Å². The van der Waals surface area contributed by atoms with Crippen molar-refractivity contribution in [1.29, 1.82) is 0 Å². The minimum absolute atomic E-state index is 0.121. The molecule has 0 aliphatic carbocycles. The molecule has 3 saturated heterocycles. The van der Waals surface area contributed by atoms with Gasteiger partial charge >= 0.3 is 0 Å². The van der Waals surface area contributed by atoms with Gasteiger partial charge in [-0.25, -0.2) is 4.98 Å². The molecule has 3 aromatic carbocycles. The number of amides is 3. The fourth-order valence-electron chi connectivity index (χ4n) is 8.95. The lowest BCUT2D eigenvalue weighted by Gasteiger charge is -2.43. The normalized spacial score (nSPS) is 19.1. The Morgan fingerprint density at radius 1 is 0.919 bits per heavy atom. The molecule has 0 spiro atoms. The van der Waals surface area contributed by atoms with Crippen LogP contribution in [-0.4, -0.2) is 126 Å². The maximum Gasteiger partial charge on any atom is 0.255 e. The molecular formula is C45H55ClN9O5PS. The highest BCUT2D eigenvalue weighted by Crippen LogP contribution is 2.40. The number of hydrogen-bond donors (Lipinski definition) is 3. The molecule has 1 atom stereocenters. The average Bonchev–Trinajstić information content (AvgIpc) is 3.61. The third kappa shape index (κ3) is 10.1. The number of hydrogen-bond acceptors (Lipinski definition) is 13. The number of para-hydroxylation sites is 1. The van der Waals surface area contributed by atoms with Crippen molar-refractivity contribution in [2.45, 2.75) is 62.0 Å². The number of carbonyl (C=O) groups is 3. The first-order valence-corrected chi connectivity index (χ1v) is 25.4. The van der Waals surface area contributed by atoms with Crippen molar-refractivity contribution in [2.24, 2.45) is 0 Å². The van der Waals surface area contributed by atoms with Gasteiger partial charge in [0.15, 0.2) is 5.82 Å². The third-order valence-electron chi connectivity index (χ3n) is 12.3. The number of piperazine rings is 1. The van der Waals surface area contributed by atoms with E-state index in [0.29, 0.717) is 52.8 Å². The van der Waals surface area contributed by atoms with Gasteiger partial charge in [-0.2, -0.15) is 4.98 Å². The molecule has 1 aromatic heterocycles. The molecule has 62 heavy (non-hydrogen) atoms. The number of anilines is 5. The zero-order valence-corrected chi connectivity index (χ0v) is 38.0. The zero-order valence-electron chi connectivity index (χ0n) is 35.6. The Balaban J connectivity index is 0.763. The number of nitrogens with zero attached hydrogens (tertiary/aromatic N) is 6. The first-order valence-electron chi connectivity index (χ1n) is 21.4. The number of imide groups is 1. The Morgan fingerprint density at radius 2 is 1.71 bits per heavy atom. The molecule has 14 nitrogen and oxygen atoms in total. The molecule has 1 unspecified atom stereocenters. The van der Waals surface area contributed by atoms with E-state index in [-0.39, 0.29) is 24.1 Å². The Morgan fingerprint density at radius 3 is 2.47 bits per heavy atom. The summed E-state index contributed by atoms with van der Waals surface area (Å²) in [5.41, 5.74) is 4.22. The van der Waals surface area contributed by atoms with Crippen LogP contribution in [-0.2, 0) is 20.7 Å². The lowest BCUT2D eigenvalue weighted by Crippen LogP contribution is -2.53. The number of rotatable bonds is 15. The molecule has 4 aliphatic rings. The summed E-state index contributed by atoms with van der Waals surface area (Å²) in [4.78, 5) is 56.8. The number of methoxy groups -OCH3 is 1. The lowest BCUT2D eigenvalue weighted by molar-refractivity contribution is -0.136. The molecule has 0 radical (unpaired) electrons. The number of nitrogens with one attached hydrogen (secondary N) is 3.